The van der Waals surface area contributed by atoms with Gasteiger partial charge in [0.15, 0.2) is 0 Å². The molecule has 3 nitrogen and oxygen atoms in total. The van der Waals surface area contributed by atoms with E-state index in [1.54, 1.807) is 0 Å². The summed E-state index contributed by atoms with van der Waals surface area (Å²) in [6.45, 7) is 9.09. The van der Waals surface area contributed by atoms with E-state index in [0.29, 0.717) is 5.41 Å². The minimum absolute atomic E-state index is 0.482. The highest BCUT2D eigenvalue weighted by Gasteiger charge is 2.26. The van der Waals surface area contributed by atoms with Crippen LogP contribution >= 0.6 is 0 Å². The number of hydrogen-bond donors (Lipinski definition) is 2. The molecule has 0 aliphatic carbocycles. The summed E-state index contributed by atoms with van der Waals surface area (Å²) in [4.78, 5) is 0. The van der Waals surface area contributed by atoms with E-state index in [0.717, 1.165) is 25.7 Å². The molecule has 2 heterocycles. The zero-order chi connectivity index (χ0) is 10.6. The van der Waals surface area contributed by atoms with E-state index in [4.69, 9.17) is 4.74 Å². The first-order valence-corrected chi connectivity index (χ1v) is 6.28. The van der Waals surface area contributed by atoms with Crippen LogP contribution in [0, 0.1) is 11.3 Å². The first-order chi connectivity index (χ1) is 7.29. The zero-order valence-corrected chi connectivity index (χ0v) is 9.85. The van der Waals surface area contributed by atoms with Crippen molar-refractivity contribution in [2.75, 3.05) is 39.4 Å². The van der Waals surface area contributed by atoms with E-state index in [1.165, 1.54) is 38.9 Å². The molecule has 2 fully saturated rings. The second kappa shape index (κ2) is 5.28. The Morgan fingerprint density at radius 1 is 1.33 bits per heavy atom. The van der Waals surface area contributed by atoms with Crippen LogP contribution in [0.4, 0.5) is 0 Å². The van der Waals surface area contributed by atoms with Gasteiger partial charge in [-0.05, 0) is 50.2 Å². The van der Waals surface area contributed by atoms with Crippen molar-refractivity contribution in [3.63, 3.8) is 0 Å². The van der Waals surface area contributed by atoms with Crippen LogP contribution in [-0.4, -0.2) is 39.4 Å². The van der Waals surface area contributed by atoms with Gasteiger partial charge in [-0.25, -0.2) is 0 Å². The van der Waals surface area contributed by atoms with Gasteiger partial charge in [0, 0.05) is 19.8 Å². The van der Waals surface area contributed by atoms with E-state index in [2.05, 4.69) is 17.6 Å². The molecule has 0 bridgehead atoms. The summed E-state index contributed by atoms with van der Waals surface area (Å²) in [7, 11) is 0. The van der Waals surface area contributed by atoms with Crippen LogP contribution in [0.25, 0.3) is 0 Å². The Morgan fingerprint density at radius 3 is 2.67 bits per heavy atom. The minimum atomic E-state index is 0.482. The molecular weight excluding hydrogens is 188 g/mol. The van der Waals surface area contributed by atoms with Gasteiger partial charge in [0.2, 0.25) is 0 Å². The SMILES string of the molecule is CC1(CNCCC2CNC2)CCOCC1. The predicted octanol–water partition coefficient (Wildman–Crippen LogP) is 1.00. The third-order valence-electron chi connectivity index (χ3n) is 3.85. The van der Waals surface area contributed by atoms with E-state index < -0.39 is 0 Å². The van der Waals surface area contributed by atoms with Crippen LogP contribution in [-0.2, 0) is 4.74 Å². The van der Waals surface area contributed by atoms with E-state index in [1.807, 2.05) is 0 Å². The van der Waals surface area contributed by atoms with Crippen LogP contribution in [0.2, 0.25) is 0 Å². The van der Waals surface area contributed by atoms with E-state index in [-0.39, 0.29) is 0 Å². The fourth-order valence-electron chi connectivity index (χ4n) is 2.29. The fourth-order valence-corrected chi connectivity index (χ4v) is 2.29. The lowest BCUT2D eigenvalue weighted by Gasteiger charge is -2.34. The molecule has 0 radical (unpaired) electrons. The minimum Gasteiger partial charge on any atom is -0.381 e. The molecule has 88 valence electrons. The fraction of sp³-hybridized carbons (Fsp3) is 1.00. The van der Waals surface area contributed by atoms with Gasteiger partial charge in [0.05, 0.1) is 0 Å². The average molecular weight is 212 g/mol. The Hall–Kier alpha value is -0.120. The lowest BCUT2D eigenvalue weighted by atomic mass is 9.82. The summed E-state index contributed by atoms with van der Waals surface area (Å²) in [5.41, 5.74) is 0.482. The Balaban J connectivity index is 1.55. The molecule has 0 aromatic rings. The van der Waals surface area contributed by atoms with Crippen molar-refractivity contribution in [1.29, 1.82) is 0 Å². The van der Waals surface area contributed by atoms with Crippen LogP contribution in [0.1, 0.15) is 26.2 Å². The number of hydrogen-bond acceptors (Lipinski definition) is 3. The Morgan fingerprint density at radius 2 is 2.07 bits per heavy atom. The van der Waals surface area contributed by atoms with Crippen LogP contribution < -0.4 is 10.6 Å². The highest BCUT2D eigenvalue weighted by Crippen LogP contribution is 2.28. The van der Waals surface area contributed by atoms with Crippen LogP contribution in [0.5, 0.6) is 0 Å². The summed E-state index contributed by atoms with van der Waals surface area (Å²) >= 11 is 0. The van der Waals surface area contributed by atoms with Gasteiger partial charge in [0.1, 0.15) is 0 Å². The van der Waals surface area contributed by atoms with Gasteiger partial charge >= 0.3 is 0 Å². The first kappa shape index (κ1) is 11.4. The van der Waals surface area contributed by atoms with Crippen molar-refractivity contribution in [3.05, 3.63) is 0 Å². The van der Waals surface area contributed by atoms with Gasteiger partial charge in [-0.1, -0.05) is 6.92 Å². The third-order valence-corrected chi connectivity index (χ3v) is 3.85. The molecule has 0 amide bonds. The van der Waals surface area contributed by atoms with E-state index in [9.17, 15) is 0 Å². The summed E-state index contributed by atoms with van der Waals surface area (Å²) < 4.78 is 5.40. The lowest BCUT2D eigenvalue weighted by molar-refractivity contribution is 0.0240. The monoisotopic (exact) mass is 212 g/mol. The molecule has 2 aliphatic rings. The maximum atomic E-state index is 5.40. The normalized spacial score (nSPS) is 26.2. The van der Waals surface area contributed by atoms with Crippen molar-refractivity contribution < 1.29 is 4.74 Å². The van der Waals surface area contributed by atoms with Crippen LogP contribution in [0.3, 0.4) is 0 Å². The summed E-state index contributed by atoms with van der Waals surface area (Å²) in [5, 5.41) is 6.93. The lowest BCUT2D eigenvalue weighted by Crippen LogP contribution is -2.44. The summed E-state index contributed by atoms with van der Waals surface area (Å²) in [5.74, 6) is 0.931. The van der Waals surface area contributed by atoms with E-state index >= 15 is 0 Å². The molecule has 2 N–H and O–H groups in total. The Kier molecular flexibility index (Phi) is 4.00. The maximum Gasteiger partial charge on any atom is 0.0471 e. The predicted molar refractivity (Wildman–Crippen MR) is 62.0 cm³/mol. The van der Waals surface area contributed by atoms with Crippen LogP contribution in [0.15, 0.2) is 0 Å². The van der Waals surface area contributed by atoms with Gasteiger partial charge < -0.3 is 15.4 Å². The van der Waals surface area contributed by atoms with Gasteiger partial charge in [0.25, 0.3) is 0 Å². The molecule has 0 aromatic carbocycles. The molecule has 0 aromatic heterocycles. The number of rotatable bonds is 5. The van der Waals surface area contributed by atoms with Crippen molar-refractivity contribution in [2.45, 2.75) is 26.2 Å². The van der Waals surface area contributed by atoms with Gasteiger partial charge in [-0.15, -0.1) is 0 Å². The highest BCUT2D eigenvalue weighted by molar-refractivity contribution is 4.80. The standard InChI is InChI=1S/C12H24N2O/c1-12(3-6-15-7-4-12)10-13-5-2-11-8-14-9-11/h11,13-14H,2-10H2,1H3. The van der Waals surface area contributed by atoms with Crippen molar-refractivity contribution in [3.8, 4) is 0 Å². The third kappa shape index (κ3) is 3.44. The number of nitrogens with one attached hydrogen (secondary N) is 2. The van der Waals surface area contributed by atoms with Gasteiger partial charge in [-0.3, -0.25) is 0 Å². The smallest absolute Gasteiger partial charge is 0.0471 e. The second-order valence-electron chi connectivity index (χ2n) is 5.41. The molecule has 2 rings (SSSR count). The topological polar surface area (TPSA) is 33.3 Å². The quantitative estimate of drug-likeness (QED) is 0.667. The Bertz CT molecular complexity index is 186. The average Bonchev–Trinajstić information content (AvgIpc) is 2.16. The largest absolute Gasteiger partial charge is 0.381 e. The Labute approximate surface area is 93.0 Å². The molecule has 15 heavy (non-hydrogen) atoms. The highest BCUT2D eigenvalue weighted by atomic mass is 16.5. The molecule has 3 heteroatoms. The zero-order valence-electron chi connectivity index (χ0n) is 9.85. The summed E-state index contributed by atoms with van der Waals surface area (Å²) in [6.07, 6.45) is 3.76. The molecule has 2 aliphatic heterocycles. The number of ether oxygens (including phenoxy) is 1. The van der Waals surface area contributed by atoms with Crippen molar-refractivity contribution in [1.82, 2.24) is 10.6 Å². The molecule has 0 saturated carbocycles. The first-order valence-electron chi connectivity index (χ1n) is 6.28. The summed E-state index contributed by atoms with van der Waals surface area (Å²) in [6, 6.07) is 0. The second-order valence-corrected chi connectivity index (χ2v) is 5.41. The van der Waals surface area contributed by atoms with Gasteiger partial charge in [-0.2, -0.15) is 0 Å². The molecule has 2 saturated heterocycles. The van der Waals surface area contributed by atoms with Crippen molar-refractivity contribution in [2.24, 2.45) is 11.3 Å². The maximum absolute atomic E-state index is 5.40. The molecule has 0 unspecified atom stereocenters. The van der Waals surface area contributed by atoms with Crippen molar-refractivity contribution >= 4 is 0 Å². The molecule has 0 atom stereocenters. The molecular formula is C12H24N2O. The molecule has 0 spiro atoms.